The number of alkyl halides is 2. The Hall–Kier alpha value is -4.15. The number of hydrogen-bond acceptors (Lipinski definition) is 5. The summed E-state index contributed by atoms with van der Waals surface area (Å²) in [6, 6.07) is 13.1. The van der Waals surface area contributed by atoms with Gasteiger partial charge in [0.05, 0.1) is 17.9 Å². The second kappa shape index (κ2) is 8.42. The van der Waals surface area contributed by atoms with E-state index in [9.17, 15) is 18.0 Å². The Balaban J connectivity index is 1.09. The molecule has 3 aliphatic rings. The summed E-state index contributed by atoms with van der Waals surface area (Å²) in [5, 5.41) is 14.4. The molecule has 8 nitrogen and oxygen atoms in total. The highest BCUT2D eigenvalue weighted by Crippen LogP contribution is 2.70. The SMILES string of the molecule is CC12Cc3[nH]nc(C(=O)Nc4cnn(C(c5ccccc5)C5CN(c6ccnc(F)c6)C5)c4)c3C[C@@H]1C2(F)F. The van der Waals surface area contributed by atoms with Crippen LogP contribution in [0.5, 0.6) is 0 Å². The average Bonchev–Trinajstić information content (AvgIpc) is 3.31. The molecule has 200 valence electrons. The summed E-state index contributed by atoms with van der Waals surface area (Å²) in [5.74, 6) is -4.26. The molecule has 4 aromatic rings. The molecule has 2 fully saturated rings. The molecule has 0 radical (unpaired) electrons. The van der Waals surface area contributed by atoms with Crippen LogP contribution in [0.2, 0.25) is 0 Å². The van der Waals surface area contributed by atoms with E-state index < -0.39 is 29.1 Å². The molecule has 0 spiro atoms. The van der Waals surface area contributed by atoms with Crippen molar-refractivity contribution >= 4 is 17.3 Å². The van der Waals surface area contributed by atoms with Gasteiger partial charge in [-0.05, 0) is 18.1 Å². The lowest BCUT2D eigenvalue weighted by atomic mass is 9.86. The Morgan fingerprint density at radius 2 is 2.00 bits per heavy atom. The lowest BCUT2D eigenvalue weighted by molar-refractivity contribution is 0.0630. The van der Waals surface area contributed by atoms with Crippen molar-refractivity contribution in [1.82, 2.24) is 25.0 Å². The molecule has 1 aromatic carbocycles. The molecule has 1 amide bonds. The Kier molecular flexibility index (Phi) is 5.17. The number of halogens is 3. The van der Waals surface area contributed by atoms with Gasteiger partial charge in [-0.3, -0.25) is 14.6 Å². The van der Waals surface area contributed by atoms with Crippen LogP contribution in [-0.2, 0) is 12.8 Å². The van der Waals surface area contributed by atoms with E-state index in [0.717, 1.165) is 11.3 Å². The first-order chi connectivity index (χ1) is 18.7. The fourth-order valence-corrected chi connectivity index (χ4v) is 6.34. The van der Waals surface area contributed by atoms with Gasteiger partial charge in [0.25, 0.3) is 11.8 Å². The number of fused-ring (bicyclic) bond motifs is 2. The average molecular weight is 534 g/mol. The summed E-state index contributed by atoms with van der Waals surface area (Å²) in [5.41, 5.74) is 2.62. The van der Waals surface area contributed by atoms with Gasteiger partial charge in [0.15, 0.2) is 5.69 Å². The summed E-state index contributed by atoms with van der Waals surface area (Å²) in [6.07, 6.45) is 5.12. The number of hydrogen-bond donors (Lipinski definition) is 2. The molecule has 3 atom stereocenters. The van der Waals surface area contributed by atoms with Crippen LogP contribution in [-0.4, -0.2) is 49.9 Å². The largest absolute Gasteiger partial charge is 0.370 e. The third kappa shape index (κ3) is 3.74. The van der Waals surface area contributed by atoms with E-state index in [1.165, 1.54) is 12.3 Å². The van der Waals surface area contributed by atoms with Crippen LogP contribution in [0.25, 0.3) is 0 Å². The van der Waals surface area contributed by atoms with Crippen LogP contribution in [0.4, 0.5) is 24.5 Å². The molecule has 0 bridgehead atoms. The first-order valence-corrected chi connectivity index (χ1v) is 13.0. The zero-order valence-electron chi connectivity index (χ0n) is 21.1. The molecule has 39 heavy (non-hydrogen) atoms. The summed E-state index contributed by atoms with van der Waals surface area (Å²) in [7, 11) is 0. The van der Waals surface area contributed by atoms with Crippen molar-refractivity contribution in [3.63, 3.8) is 0 Å². The zero-order chi connectivity index (χ0) is 26.9. The van der Waals surface area contributed by atoms with Gasteiger partial charge < -0.3 is 10.2 Å². The highest BCUT2D eigenvalue weighted by Gasteiger charge is 2.78. The lowest BCUT2D eigenvalue weighted by Gasteiger charge is -2.45. The molecule has 11 heteroatoms. The highest BCUT2D eigenvalue weighted by molar-refractivity contribution is 6.04. The Labute approximate surface area is 222 Å². The second-order valence-corrected chi connectivity index (χ2v) is 11.0. The summed E-state index contributed by atoms with van der Waals surface area (Å²) in [4.78, 5) is 18.8. The maximum Gasteiger partial charge on any atom is 0.276 e. The number of carbonyl (C=O) groups excluding carboxylic acids is 1. The first kappa shape index (κ1) is 23.9. The minimum atomic E-state index is -2.73. The molecule has 4 heterocycles. The number of amides is 1. The number of H-pyrrole nitrogens is 1. The van der Waals surface area contributed by atoms with Crippen molar-refractivity contribution in [2.75, 3.05) is 23.3 Å². The minimum Gasteiger partial charge on any atom is -0.370 e. The van der Waals surface area contributed by atoms with E-state index in [4.69, 9.17) is 0 Å². The molecular weight excluding hydrogens is 507 g/mol. The second-order valence-electron chi connectivity index (χ2n) is 11.0. The number of carbonyl (C=O) groups is 1. The van der Waals surface area contributed by atoms with Gasteiger partial charge in [-0.1, -0.05) is 37.3 Å². The van der Waals surface area contributed by atoms with E-state index >= 15 is 0 Å². The van der Waals surface area contributed by atoms with Crippen molar-refractivity contribution in [2.45, 2.75) is 31.7 Å². The van der Waals surface area contributed by atoms with Crippen LogP contribution < -0.4 is 10.2 Å². The van der Waals surface area contributed by atoms with E-state index in [1.807, 2.05) is 35.0 Å². The lowest BCUT2D eigenvalue weighted by Crippen LogP contribution is -2.51. The van der Waals surface area contributed by atoms with Crippen molar-refractivity contribution in [3.05, 3.63) is 89.5 Å². The third-order valence-corrected chi connectivity index (χ3v) is 8.72. The van der Waals surface area contributed by atoms with Crippen molar-refractivity contribution in [1.29, 1.82) is 0 Å². The number of nitrogens with zero attached hydrogens (tertiary/aromatic N) is 5. The van der Waals surface area contributed by atoms with Crippen LogP contribution in [0.15, 0.2) is 61.1 Å². The molecule has 7 rings (SSSR count). The number of aromatic nitrogens is 5. The maximum absolute atomic E-state index is 14.3. The standard InChI is InChI=1S/C28H26F3N7O/c1-27-11-21-20(10-22(27)28(27,30)31)24(36-35-21)26(39)34-18-12-33-38(15-18)25(16-5-3-2-4-6-16)17-13-37(14-17)19-7-8-32-23(29)9-19/h2-9,12,15,17,22,25H,10-11,13-14H2,1H3,(H,34,39)(H,35,36)/t22-,25?,27?/m0/s1. The van der Waals surface area contributed by atoms with Gasteiger partial charge >= 0.3 is 0 Å². The Bertz CT molecular complexity index is 1560. The van der Waals surface area contributed by atoms with E-state index in [-0.39, 0.29) is 30.5 Å². The highest BCUT2D eigenvalue weighted by atomic mass is 19.3. The molecule has 1 saturated carbocycles. The van der Waals surface area contributed by atoms with Crippen LogP contribution in [0.1, 0.15) is 40.3 Å². The monoisotopic (exact) mass is 533 g/mol. The molecule has 2 aliphatic carbocycles. The summed E-state index contributed by atoms with van der Waals surface area (Å²) in [6.45, 7) is 3.00. The topological polar surface area (TPSA) is 91.7 Å². The van der Waals surface area contributed by atoms with Crippen LogP contribution in [0, 0.1) is 23.2 Å². The van der Waals surface area contributed by atoms with Gasteiger partial charge in [0.1, 0.15) is 0 Å². The van der Waals surface area contributed by atoms with E-state index in [1.54, 1.807) is 25.4 Å². The van der Waals surface area contributed by atoms with Gasteiger partial charge in [-0.25, -0.2) is 13.8 Å². The number of rotatable bonds is 6. The van der Waals surface area contributed by atoms with Gasteiger partial charge in [0.2, 0.25) is 5.95 Å². The maximum atomic E-state index is 14.3. The molecule has 2 N–H and O–H groups in total. The minimum absolute atomic E-state index is 0.104. The molecule has 3 aromatic heterocycles. The fraction of sp³-hybridized carbons (Fsp3) is 0.357. The smallest absolute Gasteiger partial charge is 0.276 e. The predicted molar refractivity (Wildman–Crippen MR) is 137 cm³/mol. The van der Waals surface area contributed by atoms with Crippen LogP contribution >= 0.6 is 0 Å². The Morgan fingerprint density at radius 3 is 2.77 bits per heavy atom. The van der Waals surface area contributed by atoms with Gasteiger partial charge in [-0.15, -0.1) is 0 Å². The molecular formula is C28H26F3N7O. The molecule has 1 saturated heterocycles. The number of benzene rings is 1. The Morgan fingerprint density at radius 1 is 1.21 bits per heavy atom. The summed E-state index contributed by atoms with van der Waals surface area (Å²) >= 11 is 0. The first-order valence-electron chi connectivity index (χ1n) is 13.0. The molecule has 2 unspecified atom stereocenters. The van der Waals surface area contributed by atoms with Crippen LogP contribution in [0.3, 0.4) is 0 Å². The van der Waals surface area contributed by atoms with Gasteiger partial charge in [-0.2, -0.15) is 14.6 Å². The molecule has 1 aliphatic heterocycles. The van der Waals surface area contributed by atoms with Crippen molar-refractivity contribution < 1.29 is 18.0 Å². The van der Waals surface area contributed by atoms with Crippen molar-refractivity contribution in [2.24, 2.45) is 17.3 Å². The predicted octanol–water partition coefficient (Wildman–Crippen LogP) is 4.49. The number of nitrogens with one attached hydrogen (secondary N) is 2. The van der Waals surface area contributed by atoms with E-state index in [2.05, 4.69) is 30.5 Å². The van der Waals surface area contributed by atoms with Gasteiger partial charge in [0, 0.05) is 72.2 Å². The zero-order valence-corrected chi connectivity index (χ0v) is 21.1. The third-order valence-electron chi connectivity index (χ3n) is 8.72. The fourth-order valence-electron chi connectivity index (χ4n) is 6.34. The van der Waals surface area contributed by atoms with E-state index in [0.29, 0.717) is 30.0 Å². The number of pyridine rings is 1. The number of anilines is 2. The van der Waals surface area contributed by atoms with Crippen molar-refractivity contribution in [3.8, 4) is 0 Å². The summed E-state index contributed by atoms with van der Waals surface area (Å²) < 4.78 is 44.0. The number of aromatic amines is 1. The quantitative estimate of drug-likeness (QED) is 0.357. The normalized spacial score (nSPS) is 23.9.